The van der Waals surface area contributed by atoms with Gasteiger partial charge in [-0.3, -0.25) is 4.90 Å². The Labute approximate surface area is 156 Å². The molecule has 2 rings (SSSR count). The summed E-state index contributed by atoms with van der Waals surface area (Å²) in [6, 6.07) is 3.42. The fourth-order valence-corrected chi connectivity index (χ4v) is 2.99. The van der Waals surface area contributed by atoms with Crippen LogP contribution in [0.15, 0.2) is 24.3 Å². The first kappa shape index (κ1) is 22.9. The first-order valence-corrected chi connectivity index (χ1v) is 7.60. The van der Waals surface area contributed by atoms with Crippen molar-refractivity contribution < 1.29 is 14.6 Å². The maximum Gasteiger partial charge on any atom is 0.131 e. The van der Waals surface area contributed by atoms with Gasteiger partial charge in [-0.1, -0.05) is 5.57 Å². The summed E-state index contributed by atoms with van der Waals surface area (Å²) >= 11 is 0. The number of nitrogens with zero attached hydrogens (tertiary/aromatic N) is 1. The molecule has 24 heavy (non-hydrogen) atoms. The van der Waals surface area contributed by atoms with E-state index < -0.39 is 0 Å². The molecule has 1 atom stereocenters. The van der Waals surface area contributed by atoms with E-state index >= 15 is 0 Å². The molecule has 2 N–H and O–H groups in total. The highest BCUT2D eigenvalue weighted by molar-refractivity contribution is 5.85. The van der Waals surface area contributed by atoms with Crippen molar-refractivity contribution in [1.29, 1.82) is 0 Å². The first-order valence-electron chi connectivity index (χ1n) is 7.60. The number of methoxy groups -OCH3 is 2. The predicted molar refractivity (Wildman–Crippen MR) is 102 cm³/mol. The first-order chi connectivity index (χ1) is 10.6. The molecule has 0 bridgehead atoms. The molecule has 0 amide bonds. The fourth-order valence-electron chi connectivity index (χ4n) is 2.99. The molecule has 7 heteroatoms. The van der Waals surface area contributed by atoms with Crippen LogP contribution < -0.4 is 14.8 Å². The number of hydrogen-bond acceptors (Lipinski definition) is 5. The summed E-state index contributed by atoms with van der Waals surface area (Å²) in [5.41, 5.74) is 2.09. The molecular weight excluding hydrogens is 351 g/mol. The molecule has 0 aromatic heterocycles. The van der Waals surface area contributed by atoms with Crippen LogP contribution in [0.5, 0.6) is 17.2 Å². The molecule has 0 unspecified atom stereocenters. The predicted octanol–water partition coefficient (Wildman–Crippen LogP) is 3.17. The number of piperazine rings is 1. The third-order valence-electron chi connectivity index (χ3n) is 4.00. The van der Waals surface area contributed by atoms with Crippen LogP contribution in [0.1, 0.15) is 24.9 Å². The van der Waals surface area contributed by atoms with Gasteiger partial charge < -0.3 is 19.9 Å². The van der Waals surface area contributed by atoms with E-state index in [0.29, 0.717) is 11.5 Å². The van der Waals surface area contributed by atoms with Crippen LogP contribution >= 0.6 is 24.8 Å². The third kappa shape index (κ3) is 5.45. The summed E-state index contributed by atoms with van der Waals surface area (Å²) in [7, 11) is 3.24. The van der Waals surface area contributed by atoms with E-state index in [-0.39, 0.29) is 36.6 Å². The van der Waals surface area contributed by atoms with E-state index in [9.17, 15) is 5.11 Å². The van der Waals surface area contributed by atoms with Crippen molar-refractivity contribution in [3.05, 3.63) is 29.8 Å². The van der Waals surface area contributed by atoms with Gasteiger partial charge in [0.25, 0.3) is 0 Å². The van der Waals surface area contributed by atoms with Crippen molar-refractivity contribution in [3.63, 3.8) is 0 Å². The SMILES string of the molecule is C=C(C)C[C@@H](c1c(OC)cc(O)cc1OC)N1CCNCC1.Cl.Cl. The number of ether oxygens (including phenoxy) is 2. The van der Waals surface area contributed by atoms with E-state index in [4.69, 9.17) is 9.47 Å². The Hall–Kier alpha value is -1.14. The summed E-state index contributed by atoms with van der Waals surface area (Å²) in [6.45, 7) is 9.97. The number of benzene rings is 1. The van der Waals surface area contributed by atoms with Gasteiger partial charge in [0, 0.05) is 44.4 Å². The second-order valence-corrected chi connectivity index (χ2v) is 5.73. The molecule has 0 aliphatic carbocycles. The van der Waals surface area contributed by atoms with Gasteiger partial charge in [-0.2, -0.15) is 0 Å². The van der Waals surface area contributed by atoms with E-state index in [1.807, 2.05) is 6.92 Å². The van der Waals surface area contributed by atoms with Gasteiger partial charge in [0.2, 0.25) is 0 Å². The minimum absolute atomic E-state index is 0. The van der Waals surface area contributed by atoms with Crippen LogP contribution in [-0.4, -0.2) is 50.4 Å². The van der Waals surface area contributed by atoms with Crippen molar-refractivity contribution in [1.82, 2.24) is 10.2 Å². The topological polar surface area (TPSA) is 54.0 Å². The number of hydrogen-bond donors (Lipinski definition) is 2. The highest BCUT2D eigenvalue weighted by atomic mass is 35.5. The summed E-state index contributed by atoms with van der Waals surface area (Å²) in [5.74, 6) is 1.45. The minimum atomic E-state index is 0. The molecule has 1 aliphatic rings. The van der Waals surface area contributed by atoms with Crippen LogP contribution in [0.2, 0.25) is 0 Å². The van der Waals surface area contributed by atoms with Gasteiger partial charge >= 0.3 is 0 Å². The van der Waals surface area contributed by atoms with Crippen LogP contribution in [0.4, 0.5) is 0 Å². The summed E-state index contributed by atoms with van der Waals surface area (Å²) in [5, 5.41) is 13.2. The average Bonchev–Trinajstić information content (AvgIpc) is 2.52. The van der Waals surface area contributed by atoms with Crippen molar-refractivity contribution in [3.8, 4) is 17.2 Å². The molecule has 1 saturated heterocycles. The van der Waals surface area contributed by atoms with Gasteiger partial charge in [0.15, 0.2) is 0 Å². The molecular formula is C17H28Cl2N2O3. The average molecular weight is 379 g/mol. The highest BCUT2D eigenvalue weighted by Crippen LogP contribution is 2.42. The molecule has 1 aromatic rings. The van der Waals surface area contributed by atoms with Crippen molar-refractivity contribution in [2.24, 2.45) is 0 Å². The maximum atomic E-state index is 9.85. The van der Waals surface area contributed by atoms with Gasteiger partial charge in [-0.25, -0.2) is 0 Å². The Morgan fingerprint density at radius 2 is 1.71 bits per heavy atom. The highest BCUT2D eigenvalue weighted by Gasteiger charge is 2.28. The second-order valence-electron chi connectivity index (χ2n) is 5.73. The van der Waals surface area contributed by atoms with Crippen LogP contribution in [0.3, 0.4) is 0 Å². The number of nitrogens with one attached hydrogen (secondary N) is 1. The number of phenolic OH excluding ortho intramolecular Hbond substituents is 1. The van der Waals surface area contributed by atoms with Crippen LogP contribution in [0, 0.1) is 0 Å². The Morgan fingerprint density at radius 3 is 2.12 bits per heavy atom. The quantitative estimate of drug-likeness (QED) is 0.744. The van der Waals surface area contributed by atoms with Crippen molar-refractivity contribution in [2.45, 2.75) is 19.4 Å². The molecule has 1 aliphatic heterocycles. The maximum absolute atomic E-state index is 9.85. The second kappa shape index (κ2) is 10.7. The fraction of sp³-hybridized carbons (Fsp3) is 0.529. The third-order valence-corrected chi connectivity index (χ3v) is 4.00. The smallest absolute Gasteiger partial charge is 0.131 e. The molecule has 0 saturated carbocycles. The summed E-state index contributed by atoms with van der Waals surface area (Å²) in [4.78, 5) is 2.42. The monoisotopic (exact) mass is 378 g/mol. The zero-order valence-corrected chi connectivity index (χ0v) is 16.1. The molecule has 0 spiro atoms. The molecule has 1 fully saturated rings. The van der Waals surface area contributed by atoms with Gasteiger partial charge in [0.1, 0.15) is 17.2 Å². The van der Waals surface area contributed by atoms with Gasteiger partial charge in [0.05, 0.1) is 19.8 Å². The number of halogens is 2. The van der Waals surface area contributed by atoms with Crippen LogP contribution in [0.25, 0.3) is 0 Å². The van der Waals surface area contributed by atoms with Crippen LogP contribution in [-0.2, 0) is 0 Å². The minimum Gasteiger partial charge on any atom is -0.508 e. The standard InChI is InChI=1S/C17H26N2O3.2ClH/c1-12(2)9-14(19-7-5-18-6-8-19)17-15(21-3)10-13(20)11-16(17)22-4;;/h10-11,14,18,20H,1,5-9H2,2-4H3;2*1H/t14-;;/m0../s1. The van der Waals surface area contributed by atoms with E-state index in [1.54, 1.807) is 26.4 Å². The summed E-state index contributed by atoms with van der Waals surface area (Å²) < 4.78 is 11.0. The lowest BCUT2D eigenvalue weighted by Crippen LogP contribution is -2.45. The molecule has 0 radical (unpaired) electrons. The summed E-state index contributed by atoms with van der Waals surface area (Å²) in [6.07, 6.45) is 0.831. The Bertz CT molecular complexity index is 510. The molecule has 1 aromatic carbocycles. The van der Waals surface area contributed by atoms with Gasteiger partial charge in [-0.05, 0) is 13.3 Å². The van der Waals surface area contributed by atoms with Crippen molar-refractivity contribution >= 4 is 24.8 Å². The number of rotatable bonds is 6. The van der Waals surface area contributed by atoms with Crippen molar-refractivity contribution in [2.75, 3.05) is 40.4 Å². The van der Waals surface area contributed by atoms with E-state index in [0.717, 1.165) is 43.7 Å². The Kier molecular flexibility index (Phi) is 10.2. The number of phenols is 1. The lowest BCUT2D eigenvalue weighted by Gasteiger charge is -2.36. The molecule has 138 valence electrons. The lowest BCUT2D eigenvalue weighted by atomic mass is 9.95. The van der Waals surface area contributed by atoms with Gasteiger partial charge in [-0.15, -0.1) is 31.4 Å². The van der Waals surface area contributed by atoms with E-state index in [2.05, 4.69) is 16.8 Å². The Morgan fingerprint density at radius 1 is 1.21 bits per heavy atom. The largest absolute Gasteiger partial charge is 0.508 e. The Balaban J connectivity index is 0.00000264. The zero-order chi connectivity index (χ0) is 16.1. The molecule has 1 heterocycles. The molecule has 5 nitrogen and oxygen atoms in total. The normalized spacial score (nSPS) is 15.6. The zero-order valence-electron chi connectivity index (χ0n) is 14.5. The number of aromatic hydroxyl groups is 1. The lowest BCUT2D eigenvalue weighted by molar-refractivity contribution is 0.166. The van der Waals surface area contributed by atoms with E-state index in [1.165, 1.54) is 0 Å².